The first-order valence-corrected chi connectivity index (χ1v) is 10.3. The highest BCUT2D eigenvalue weighted by molar-refractivity contribution is 7.20. The van der Waals surface area contributed by atoms with Crippen LogP contribution in [0.1, 0.15) is 44.1 Å². The Balaban J connectivity index is 2.21. The maximum absolute atomic E-state index is 13.2. The van der Waals surface area contributed by atoms with Crippen LogP contribution in [0.3, 0.4) is 0 Å². The Morgan fingerprint density at radius 2 is 2.10 bits per heavy atom. The van der Waals surface area contributed by atoms with Crippen molar-refractivity contribution in [2.45, 2.75) is 59.7 Å². The first kappa shape index (κ1) is 21.3. The van der Waals surface area contributed by atoms with Crippen LogP contribution >= 0.6 is 11.3 Å². The molecule has 10 heteroatoms. The molecule has 9 nitrogen and oxygen atoms in total. The summed E-state index contributed by atoms with van der Waals surface area (Å²) in [5, 5.41) is 12.8. The molecule has 158 valence electrons. The number of aromatic nitrogens is 2. The minimum absolute atomic E-state index is 0.0651. The molecule has 0 saturated carbocycles. The minimum atomic E-state index is -1.28. The Morgan fingerprint density at radius 1 is 1.38 bits per heavy atom. The normalized spacial score (nSPS) is 17.4. The summed E-state index contributed by atoms with van der Waals surface area (Å²) in [7, 11) is 0. The van der Waals surface area contributed by atoms with Crippen molar-refractivity contribution >= 4 is 33.9 Å². The summed E-state index contributed by atoms with van der Waals surface area (Å²) in [6.45, 7) is 9.06. The van der Waals surface area contributed by atoms with Crippen molar-refractivity contribution in [2.24, 2.45) is 10.5 Å². The first-order chi connectivity index (χ1) is 13.6. The maximum Gasteiger partial charge on any atom is 0.425 e. The molecule has 2 N–H and O–H groups in total. The van der Waals surface area contributed by atoms with Gasteiger partial charge < -0.3 is 9.84 Å². The Hall–Kier alpha value is -2.46. The van der Waals surface area contributed by atoms with Gasteiger partial charge in [-0.1, -0.05) is 20.8 Å². The zero-order chi connectivity index (χ0) is 21.3. The van der Waals surface area contributed by atoms with Gasteiger partial charge in [0.05, 0.1) is 29.1 Å². The van der Waals surface area contributed by atoms with Gasteiger partial charge in [0.2, 0.25) is 0 Å². The van der Waals surface area contributed by atoms with Crippen molar-refractivity contribution in [2.75, 3.05) is 6.61 Å². The number of rotatable bonds is 5. The molecule has 1 aliphatic heterocycles. The number of nitrogens with zero attached hydrogens (tertiary/aromatic N) is 3. The molecule has 3 heterocycles. The van der Waals surface area contributed by atoms with E-state index in [9.17, 15) is 14.4 Å². The highest BCUT2D eigenvalue weighted by Crippen LogP contribution is 2.28. The Labute approximate surface area is 171 Å². The Bertz CT molecular complexity index is 1070. The number of carboxylic acid groups (broad SMARTS) is 1. The number of carbonyl (C=O) groups is 1. The second-order valence-electron chi connectivity index (χ2n) is 8.43. The maximum atomic E-state index is 13.2. The lowest BCUT2D eigenvalue weighted by molar-refractivity contribution is 0.0964. The Morgan fingerprint density at radius 3 is 2.69 bits per heavy atom. The molecule has 1 unspecified atom stereocenters. The molecule has 0 aromatic carbocycles. The highest BCUT2D eigenvalue weighted by atomic mass is 32.1. The summed E-state index contributed by atoms with van der Waals surface area (Å²) in [6.07, 6.45) is 1.84. The average Bonchev–Trinajstić information content (AvgIpc) is 3.23. The highest BCUT2D eigenvalue weighted by Gasteiger charge is 2.25. The predicted molar refractivity (Wildman–Crippen MR) is 112 cm³/mol. The summed E-state index contributed by atoms with van der Waals surface area (Å²) in [5.41, 5.74) is 1.68. The van der Waals surface area contributed by atoms with E-state index in [1.165, 1.54) is 22.1 Å². The number of thiophene rings is 1. The summed E-state index contributed by atoms with van der Waals surface area (Å²) < 4.78 is 8.64. The smallest absolute Gasteiger partial charge is 0.425 e. The molecule has 1 atom stereocenters. The molecule has 0 bridgehead atoms. The van der Waals surface area contributed by atoms with E-state index in [1.807, 2.05) is 26.2 Å². The second-order valence-corrected chi connectivity index (χ2v) is 9.46. The lowest BCUT2D eigenvalue weighted by atomic mass is 9.97. The fourth-order valence-corrected chi connectivity index (χ4v) is 4.62. The van der Waals surface area contributed by atoms with Crippen LogP contribution in [0.2, 0.25) is 0 Å². The largest absolute Gasteiger partial charge is 0.464 e. The third-order valence-corrected chi connectivity index (χ3v) is 5.97. The third kappa shape index (κ3) is 4.59. The van der Waals surface area contributed by atoms with Crippen LogP contribution in [0, 0.1) is 12.3 Å². The number of aryl methyl sites for hydroxylation is 1. The number of amides is 1. The number of ether oxygens (including phenoxy) is 1. The Kier molecular flexibility index (Phi) is 5.95. The molecule has 2 aromatic rings. The molecule has 1 aliphatic rings. The molecule has 1 fully saturated rings. The van der Waals surface area contributed by atoms with Crippen molar-refractivity contribution in [1.82, 2.24) is 14.6 Å². The third-order valence-electron chi connectivity index (χ3n) is 4.72. The van der Waals surface area contributed by atoms with Gasteiger partial charge in [-0.3, -0.25) is 13.9 Å². The van der Waals surface area contributed by atoms with Crippen LogP contribution in [0.15, 0.2) is 14.7 Å². The van der Waals surface area contributed by atoms with Gasteiger partial charge in [0.25, 0.3) is 5.56 Å². The number of hydrazone groups is 1. The van der Waals surface area contributed by atoms with Gasteiger partial charge in [0, 0.05) is 13.2 Å². The summed E-state index contributed by atoms with van der Waals surface area (Å²) >= 11 is 1.25. The van der Waals surface area contributed by atoms with Crippen molar-refractivity contribution in [3.05, 3.63) is 31.3 Å². The van der Waals surface area contributed by atoms with Crippen molar-refractivity contribution in [3.8, 4) is 0 Å². The fourth-order valence-electron chi connectivity index (χ4n) is 3.45. The van der Waals surface area contributed by atoms with Crippen LogP contribution in [0.4, 0.5) is 4.79 Å². The lowest BCUT2D eigenvalue weighted by Crippen LogP contribution is -2.43. The van der Waals surface area contributed by atoms with Crippen LogP contribution < -0.4 is 16.7 Å². The second kappa shape index (κ2) is 8.11. The fraction of sp³-hybridized carbons (Fsp3) is 0.579. The van der Waals surface area contributed by atoms with Crippen LogP contribution in [0.25, 0.3) is 10.2 Å². The lowest BCUT2D eigenvalue weighted by Gasteiger charge is -2.21. The molecule has 0 radical (unpaired) electrons. The standard InChI is InChI=1S/C19H26N4O5S/c1-11-13(8-20-21-17(25)26)29-16-14(11)15(24)23(10-19(2,3)4)18(27)22(16)9-12-6-5-7-28-12/h8,12,21H,5-7,9-10H2,1-4H3,(H,25,26)/b20-8+. The van der Waals surface area contributed by atoms with Crippen LogP contribution in [-0.4, -0.2) is 39.3 Å². The SMILES string of the molecule is Cc1c(/C=N/NC(=O)O)sc2c1c(=O)n(CC(C)(C)C)c(=O)n2CC1CCCO1. The van der Waals surface area contributed by atoms with E-state index < -0.39 is 6.09 Å². The van der Waals surface area contributed by atoms with Gasteiger partial charge in [-0.15, -0.1) is 11.3 Å². The van der Waals surface area contributed by atoms with Gasteiger partial charge >= 0.3 is 11.8 Å². The quantitative estimate of drug-likeness (QED) is 0.567. The van der Waals surface area contributed by atoms with E-state index >= 15 is 0 Å². The van der Waals surface area contributed by atoms with Crippen molar-refractivity contribution in [1.29, 1.82) is 0 Å². The van der Waals surface area contributed by atoms with E-state index in [2.05, 4.69) is 5.10 Å². The monoisotopic (exact) mass is 422 g/mol. The number of nitrogens with one attached hydrogen (secondary N) is 1. The first-order valence-electron chi connectivity index (χ1n) is 9.49. The molecule has 1 amide bonds. The van der Waals surface area contributed by atoms with Gasteiger partial charge in [-0.2, -0.15) is 5.10 Å². The van der Waals surface area contributed by atoms with E-state index in [-0.39, 0.29) is 22.8 Å². The molecule has 0 spiro atoms. The average molecular weight is 423 g/mol. The summed E-state index contributed by atoms with van der Waals surface area (Å²) in [6, 6.07) is 0. The molecular weight excluding hydrogens is 396 g/mol. The molecule has 29 heavy (non-hydrogen) atoms. The van der Waals surface area contributed by atoms with Crippen molar-refractivity contribution < 1.29 is 14.6 Å². The molecule has 1 saturated heterocycles. The van der Waals surface area contributed by atoms with E-state index in [0.717, 1.165) is 12.8 Å². The van der Waals surface area contributed by atoms with E-state index in [0.29, 0.717) is 40.4 Å². The summed E-state index contributed by atoms with van der Waals surface area (Å²) in [4.78, 5) is 38.3. The van der Waals surface area contributed by atoms with E-state index in [1.54, 1.807) is 11.5 Å². The zero-order valence-electron chi connectivity index (χ0n) is 17.0. The zero-order valence-corrected chi connectivity index (χ0v) is 17.8. The van der Waals surface area contributed by atoms with E-state index in [4.69, 9.17) is 9.84 Å². The van der Waals surface area contributed by atoms with Gasteiger partial charge in [0.15, 0.2) is 0 Å². The van der Waals surface area contributed by atoms with Gasteiger partial charge in [-0.05, 0) is 30.7 Å². The topological polar surface area (TPSA) is 115 Å². The number of hydrogen-bond acceptors (Lipinski definition) is 6. The van der Waals surface area contributed by atoms with Crippen molar-refractivity contribution in [3.63, 3.8) is 0 Å². The molecular formula is C19H26N4O5S. The molecule has 3 rings (SSSR count). The molecule has 0 aliphatic carbocycles. The number of hydrogen-bond donors (Lipinski definition) is 2. The number of fused-ring (bicyclic) bond motifs is 1. The van der Waals surface area contributed by atoms with Gasteiger partial charge in [-0.25, -0.2) is 15.0 Å². The van der Waals surface area contributed by atoms with Gasteiger partial charge in [0.1, 0.15) is 4.83 Å². The summed E-state index contributed by atoms with van der Waals surface area (Å²) in [5.74, 6) is 0. The predicted octanol–water partition coefficient (Wildman–Crippen LogP) is 2.36. The minimum Gasteiger partial charge on any atom is -0.464 e. The van der Waals surface area contributed by atoms with Crippen LogP contribution in [0.5, 0.6) is 0 Å². The molecule has 2 aromatic heterocycles. The van der Waals surface area contributed by atoms with Crippen LogP contribution in [-0.2, 0) is 17.8 Å².